The number of carbonyl (C=O) groups is 2. The molecule has 88 valence electrons. The number of amides is 1. The van der Waals surface area contributed by atoms with Crippen LogP contribution in [0.1, 0.15) is 21.0 Å². The molecule has 0 aromatic carbocycles. The van der Waals surface area contributed by atoms with E-state index >= 15 is 0 Å². The minimum atomic E-state index is -1.22. The molecule has 1 N–H and O–H groups in total. The highest BCUT2D eigenvalue weighted by Crippen LogP contribution is 2.08. The number of aromatic carboxylic acids is 1. The third-order valence-corrected chi connectivity index (χ3v) is 2.13. The molecule has 0 aliphatic carbocycles. The van der Waals surface area contributed by atoms with Gasteiger partial charge in [-0.1, -0.05) is 0 Å². The fourth-order valence-electron chi connectivity index (χ4n) is 1.32. The Hall–Kier alpha value is -2.51. The van der Waals surface area contributed by atoms with Gasteiger partial charge in [-0.15, -0.1) is 10.2 Å². The Morgan fingerprint density at radius 1 is 1.41 bits per heavy atom. The van der Waals surface area contributed by atoms with Crippen molar-refractivity contribution >= 4 is 17.7 Å². The first-order valence-electron chi connectivity index (χ1n) is 4.66. The average molecular weight is 235 g/mol. The van der Waals surface area contributed by atoms with Gasteiger partial charge in [0.15, 0.2) is 5.69 Å². The molecule has 17 heavy (non-hydrogen) atoms. The van der Waals surface area contributed by atoms with E-state index in [0.29, 0.717) is 0 Å². The Labute approximate surface area is 95.5 Å². The van der Waals surface area contributed by atoms with Gasteiger partial charge in [0.25, 0.3) is 11.7 Å². The Balaban J connectivity index is 2.71. The summed E-state index contributed by atoms with van der Waals surface area (Å²) in [6, 6.07) is 1.20. The van der Waals surface area contributed by atoms with E-state index < -0.39 is 5.97 Å². The van der Waals surface area contributed by atoms with E-state index in [1.807, 2.05) is 0 Å². The molecule has 1 amide bonds. The predicted molar refractivity (Wildman–Crippen MR) is 55.8 cm³/mol. The summed E-state index contributed by atoms with van der Waals surface area (Å²) in [4.78, 5) is 27.8. The maximum atomic E-state index is 11.9. The summed E-state index contributed by atoms with van der Waals surface area (Å²) >= 11 is 0. The zero-order valence-corrected chi connectivity index (χ0v) is 9.15. The van der Waals surface area contributed by atoms with Crippen molar-refractivity contribution in [3.8, 4) is 0 Å². The van der Waals surface area contributed by atoms with Crippen LogP contribution in [0.5, 0.6) is 0 Å². The second-order valence-electron chi connectivity index (χ2n) is 3.53. The summed E-state index contributed by atoms with van der Waals surface area (Å²) in [5.41, 5.74) is -0.0851. The van der Waals surface area contributed by atoms with Crippen molar-refractivity contribution in [2.75, 3.05) is 14.1 Å². The van der Waals surface area contributed by atoms with Crippen LogP contribution in [0.15, 0.2) is 12.4 Å². The lowest BCUT2D eigenvalue weighted by Crippen LogP contribution is -2.25. The van der Waals surface area contributed by atoms with E-state index in [-0.39, 0.29) is 23.1 Å². The van der Waals surface area contributed by atoms with Crippen LogP contribution in [0.4, 0.5) is 0 Å². The lowest BCUT2D eigenvalue weighted by molar-refractivity contribution is 0.0690. The van der Waals surface area contributed by atoms with Gasteiger partial charge >= 0.3 is 5.97 Å². The van der Waals surface area contributed by atoms with Crippen LogP contribution in [-0.4, -0.2) is 55.6 Å². The standard InChI is InChI=1S/C9H9N5O3/c1-13(2)7(15)6-3-5(8(16)17)11-9-12-10-4-14(6)9/h3-4H,1-2H3,(H,16,17). The summed E-state index contributed by atoms with van der Waals surface area (Å²) in [6.45, 7) is 0. The molecule has 0 fully saturated rings. The fraction of sp³-hybridized carbons (Fsp3) is 0.222. The van der Waals surface area contributed by atoms with Gasteiger partial charge < -0.3 is 10.0 Å². The van der Waals surface area contributed by atoms with Gasteiger partial charge in [0.2, 0.25) is 0 Å². The summed E-state index contributed by atoms with van der Waals surface area (Å²) in [7, 11) is 3.14. The molecule has 2 heterocycles. The Bertz CT molecular complexity index is 604. The smallest absolute Gasteiger partial charge is 0.354 e. The van der Waals surface area contributed by atoms with Crippen LogP contribution in [-0.2, 0) is 0 Å². The van der Waals surface area contributed by atoms with Crippen LogP contribution < -0.4 is 0 Å². The van der Waals surface area contributed by atoms with E-state index in [9.17, 15) is 9.59 Å². The fourth-order valence-corrected chi connectivity index (χ4v) is 1.32. The number of carbonyl (C=O) groups excluding carboxylic acids is 1. The molecule has 0 aliphatic rings. The zero-order chi connectivity index (χ0) is 12.6. The first-order valence-corrected chi connectivity index (χ1v) is 4.66. The van der Waals surface area contributed by atoms with E-state index in [0.717, 1.165) is 0 Å². The molecular formula is C9H9N5O3. The molecule has 8 nitrogen and oxygen atoms in total. The van der Waals surface area contributed by atoms with Crippen molar-refractivity contribution in [3.63, 3.8) is 0 Å². The Kier molecular flexibility index (Phi) is 2.47. The highest BCUT2D eigenvalue weighted by molar-refractivity contribution is 5.95. The van der Waals surface area contributed by atoms with Crippen molar-refractivity contribution in [3.05, 3.63) is 23.8 Å². The van der Waals surface area contributed by atoms with Crippen molar-refractivity contribution in [1.82, 2.24) is 24.5 Å². The Morgan fingerprint density at radius 2 is 2.12 bits per heavy atom. The highest BCUT2D eigenvalue weighted by Gasteiger charge is 2.18. The third kappa shape index (κ3) is 1.80. The first kappa shape index (κ1) is 11.0. The summed E-state index contributed by atoms with van der Waals surface area (Å²) in [5, 5.41) is 16.1. The van der Waals surface area contributed by atoms with E-state index in [2.05, 4.69) is 15.2 Å². The summed E-state index contributed by atoms with van der Waals surface area (Å²) in [6.07, 6.45) is 1.31. The van der Waals surface area contributed by atoms with Crippen LogP contribution in [0.3, 0.4) is 0 Å². The molecule has 0 saturated heterocycles. The van der Waals surface area contributed by atoms with Crippen LogP contribution in [0, 0.1) is 0 Å². The maximum Gasteiger partial charge on any atom is 0.354 e. The first-order chi connectivity index (χ1) is 8.00. The molecule has 0 spiro atoms. The van der Waals surface area contributed by atoms with Crippen molar-refractivity contribution < 1.29 is 14.7 Å². The molecule has 0 radical (unpaired) electrons. The van der Waals surface area contributed by atoms with Gasteiger partial charge in [0, 0.05) is 20.2 Å². The lowest BCUT2D eigenvalue weighted by atomic mass is 10.3. The number of carboxylic acid groups (broad SMARTS) is 1. The maximum absolute atomic E-state index is 11.9. The number of nitrogens with zero attached hydrogens (tertiary/aromatic N) is 5. The van der Waals surface area contributed by atoms with E-state index in [1.165, 1.54) is 21.7 Å². The van der Waals surface area contributed by atoms with Gasteiger partial charge in [0.05, 0.1) is 0 Å². The van der Waals surface area contributed by atoms with Crippen molar-refractivity contribution in [1.29, 1.82) is 0 Å². The molecule has 0 atom stereocenters. The molecule has 0 bridgehead atoms. The van der Waals surface area contributed by atoms with Gasteiger partial charge in [0.1, 0.15) is 12.0 Å². The highest BCUT2D eigenvalue weighted by atomic mass is 16.4. The minimum absolute atomic E-state index is 0.0788. The van der Waals surface area contributed by atoms with E-state index in [4.69, 9.17) is 5.11 Å². The molecule has 8 heteroatoms. The van der Waals surface area contributed by atoms with Crippen molar-refractivity contribution in [2.45, 2.75) is 0 Å². The number of fused-ring (bicyclic) bond motifs is 1. The number of aromatic nitrogens is 4. The topological polar surface area (TPSA) is 101 Å². The lowest BCUT2D eigenvalue weighted by Gasteiger charge is -2.11. The third-order valence-electron chi connectivity index (χ3n) is 2.13. The minimum Gasteiger partial charge on any atom is -0.477 e. The number of hydrogen-bond donors (Lipinski definition) is 1. The molecule has 0 aliphatic heterocycles. The van der Waals surface area contributed by atoms with Crippen LogP contribution >= 0.6 is 0 Å². The normalized spacial score (nSPS) is 10.5. The van der Waals surface area contributed by atoms with Gasteiger partial charge in [-0.25, -0.2) is 9.78 Å². The number of carboxylic acids is 1. The summed E-state index contributed by atoms with van der Waals surface area (Å²) in [5.74, 6) is -1.49. The van der Waals surface area contributed by atoms with Crippen molar-refractivity contribution in [2.24, 2.45) is 0 Å². The molecule has 0 unspecified atom stereocenters. The SMILES string of the molecule is CN(C)C(=O)c1cc(C(=O)O)nc2nncn12. The zero-order valence-electron chi connectivity index (χ0n) is 9.15. The number of rotatable bonds is 2. The molecule has 2 aromatic heterocycles. The predicted octanol–water partition coefficient (Wildman–Crippen LogP) is -0.476. The van der Waals surface area contributed by atoms with Gasteiger partial charge in [-0.05, 0) is 0 Å². The van der Waals surface area contributed by atoms with Gasteiger partial charge in [-0.3, -0.25) is 9.20 Å². The largest absolute Gasteiger partial charge is 0.477 e. The summed E-state index contributed by atoms with van der Waals surface area (Å²) < 4.78 is 1.34. The molecule has 2 aromatic rings. The molecular weight excluding hydrogens is 226 g/mol. The van der Waals surface area contributed by atoms with Crippen LogP contribution in [0.25, 0.3) is 5.78 Å². The molecule has 0 saturated carbocycles. The Morgan fingerprint density at radius 3 is 2.71 bits per heavy atom. The second-order valence-corrected chi connectivity index (χ2v) is 3.53. The van der Waals surface area contributed by atoms with Gasteiger partial charge in [-0.2, -0.15) is 0 Å². The molecule has 2 rings (SSSR count). The quantitative estimate of drug-likeness (QED) is 0.754. The second kappa shape index (κ2) is 3.81. The van der Waals surface area contributed by atoms with E-state index in [1.54, 1.807) is 14.1 Å². The average Bonchev–Trinajstić information content (AvgIpc) is 2.74. The van der Waals surface area contributed by atoms with Crippen LogP contribution in [0.2, 0.25) is 0 Å². The monoisotopic (exact) mass is 235 g/mol. The number of hydrogen-bond acceptors (Lipinski definition) is 5.